The molecule has 0 amide bonds. The van der Waals surface area contributed by atoms with Gasteiger partial charge in [0.15, 0.2) is 0 Å². The van der Waals surface area contributed by atoms with Crippen molar-refractivity contribution in [2.75, 3.05) is 25.7 Å². The van der Waals surface area contributed by atoms with Gasteiger partial charge in [-0.3, -0.25) is 0 Å². The minimum Gasteiger partial charge on any atom is -0.495 e. The van der Waals surface area contributed by atoms with E-state index in [0.29, 0.717) is 10.8 Å². The molecule has 2 rings (SSSR count). The Morgan fingerprint density at radius 3 is 2.76 bits per heavy atom. The SMILES string of the molecule is COC(=O)C1CCN1c1cc(Cl)ccc1OC. The molecule has 4 nitrogen and oxygen atoms in total. The Morgan fingerprint density at radius 1 is 1.47 bits per heavy atom. The zero-order chi connectivity index (χ0) is 12.4. The first-order chi connectivity index (χ1) is 8.17. The van der Waals surface area contributed by atoms with Gasteiger partial charge in [-0.15, -0.1) is 0 Å². The monoisotopic (exact) mass is 255 g/mol. The maximum absolute atomic E-state index is 11.5. The lowest BCUT2D eigenvalue weighted by atomic mass is 10.0. The van der Waals surface area contributed by atoms with E-state index in [0.717, 1.165) is 18.7 Å². The van der Waals surface area contributed by atoms with Gasteiger partial charge in [-0.1, -0.05) is 11.6 Å². The number of esters is 1. The summed E-state index contributed by atoms with van der Waals surface area (Å²) >= 11 is 5.96. The average Bonchev–Trinajstić information content (AvgIpc) is 2.28. The van der Waals surface area contributed by atoms with Crippen molar-refractivity contribution in [3.63, 3.8) is 0 Å². The maximum Gasteiger partial charge on any atom is 0.328 e. The fourth-order valence-corrected chi connectivity index (χ4v) is 2.11. The molecule has 1 aromatic rings. The Labute approximate surface area is 105 Å². The number of nitrogens with zero attached hydrogens (tertiary/aromatic N) is 1. The van der Waals surface area contributed by atoms with Crippen LogP contribution in [-0.2, 0) is 9.53 Å². The fourth-order valence-electron chi connectivity index (χ4n) is 1.94. The first-order valence-electron chi connectivity index (χ1n) is 5.35. The third kappa shape index (κ3) is 2.17. The van der Waals surface area contributed by atoms with Gasteiger partial charge >= 0.3 is 5.97 Å². The number of anilines is 1. The van der Waals surface area contributed by atoms with Crippen molar-refractivity contribution in [1.29, 1.82) is 0 Å². The van der Waals surface area contributed by atoms with E-state index >= 15 is 0 Å². The molecule has 0 spiro atoms. The molecule has 0 aromatic heterocycles. The number of carbonyl (C=O) groups excluding carboxylic acids is 1. The Bertz CT molecular complexity index is 436. The number of carbonyl (C=O) groups is 1. The highest BCUT2D eigenvalue weighted by Gasteiger charge is 2.36. The first-order valence-corrected chi connectivity index (χ1v) is 5.73. The lowest BCUT2D eigenvalue weighted by Gasteiger charge is -2.41. The highest BCUT2D eigenvalue weighted by atomic mass is 35.5. The highest BCUT2D eigenvalue weighted by molar-refractivity contribution is 6.31. The smallest absolute Gasteiger partial charge is 0.328 e. The molecule has 5 heteroatoms. The van der Waals surface area contributed by atoms with Crippen LogP contribution in [0.5, 0.6) is 5.75 Å². The first kappa shape index (κ1) is 12.0. The topological polar surface area (TPSA) is 38.8 Å². The molecule has 0 N–H and O–H groups in total. The predicted molar refractivity (Wildman–Crippen MR) is 65.8 cm³/mol. The van der Waals surface area contributed by atoms with Crippen molar-refractivity contribution < 1.29 is 14.3 Å². The van der Waals surface area contributed by atoms with Crippen LogP contribution in [0.15, 0.2) is 18.2 Å². The molecule has 1 saturated heterocycles. The number of hydrogen-bond acceptors (Lipinski definition) is 4. The van der Waals surface area contributed by atoms with Crippen LogP contribution in [0.4, 0.5) is 5.69 Å². The third-order valence-corrected chi connectivity index (χ3v) is 3.18. The summed E-state index contributed by atoms with van der Waals surface area (Å²) in [5.74, 6) is 0.487. The summed E-state index contributed by atoms with van der Waals surface area (Å²) in [6.07, 6.45) is 0.794. The minimum atomic E-state index is -0.229. The molecule has 1 unspecified atom stereocenters. The molecule has 1 aliphatic heterocycles. The third-order valence-electron chi connectivity index (χ3n) is 2.94. The van der Waals surface area contributed by atoms with Gasteiger partial charge in [0.2, 0.25) is 0 Å². The molecule has 1 atom stereocenters. The molecule has 1 heterocycles. The Kier molecular flexibility index (Phi) is 3.43. The summed E-state index contributed by atoms with van der Waals surface area (Å²) < 4.78 is 10.0. The van der Waals surface area contributed by atoms with Crippen molar-refractivity contribution in [2.24, 2.45) is 0 Å². The van der Waals surface area contributed by atoms with Crippen LogP contribution in [0.2, 0.25) is 5.02 Å². The van der Waals surface area contributed by atoms with Crippen LogP contribution in [0, 0.1) is 0 Å². The van der Waals surface area contributed by atoms with E-state index in [2.05, 4.69) is 0 Å². The van der Waals surface area contributed by atoms with Crippen LogP contribution < -0.4 is 9.64 Å². The second kappa shape index (κ2) is 4.84. The Morgan fingerprint density at radius 2 is 2.24 bits per heavy atom. The average molecular weight is 256 g/mol. The molecular formula is C12H14ClNO3. The van der Waals surface area contributed by atoms with Gasteiger partial charge in [0.25, 0.3) is 0 Å². The van der Waals surface area contributed by atoms with Crippen molar-refractivity contribution in [2.45, 2.75) is 12.5 Å². The van der Waals surface area contributed by atoms with E-state index in [4.69, 9.17) is 21.1 Å². The Hall–Kier alpha value is -1.42. The van der Waals surface area contributed by atoms with Gasteiger partial charge in [0.1, 0.15) is 11.8 Å². The quantitative estimate of drug-likeness (QED) is 0.776. The number of halogens is 1. The van der Waals surface area contributed by atoms with Crippen molar-refractivity contribution in [1.82, 2.24) is 0 Å². The number of rotatable bonds is 3. The number of ether oxygens (including phenoxy) is 2. The lowest BCUT2D eigenvalue weighted by molar-refractivity contribution is -0.143. The molecule has 1 fully saturated rings. The lowest BCUT2D eigenvalue weighted by Crippen LogP contribution is -2.53. The summed E-state index contributed by atoms with van der Waals surface area (Å²) in [4.78, 5) is 13.5. The summed E-state index contributed by atoms with van der Waals surface area (Å²) in [5, 5.41) is 0.622. The predicted octanol–water partition coefficient (Wildman–Crippen LogP) is 2.10. The standard InChI is InChI=1S/C12H14ClNO3/c1-16-11-4-3-8(13)7-10(11)14-6-5-9(14)12(15)17-2/h3-4,7,9H,5-6H2,1-2H3. The molecule has 0 aliphatic carbocycles. The number of methoxy groups -OCH3 is 2. The van der Waals surface area contributed by atoms with Crippen LogP contribution in [-0.4, -0.2) is 32.8 Å². The fraction of sp³-hybridized carbons (Fsp3) is 0.417. The molecule has 1 aromatic carbocycles. The van der Waals surface area contributed by atoms with Gasteiger partial charge in [0.05, 0.1) is 19.9 Å². The van der Waals surface area contributed by atoms with Gasteiger partial charge in [-0.05, 0) is 24.6 Å². The summed E-state index contributed by atoms with van der Waals surface area (Å²) in [6, 6.07) is 5.13. The molecule has 1 aliphatic rings. The number of benzene rings is 1. The molecular weight excluding hydrogens is 242 g/mol. The van der Waals surface area contributed by atoms with Gasteiger partial charge < -0.3 is 14.4 Å². The number of hydrogen-bond donors (Lipinski definition) is 0. The van der Waals surface area contributed by atoms with Crippen LogP contribution >= 0.6 is 11.6 Å². The second-order valence-electron chi connectivity index (χ2n) is 3.84. The second-order valence-corrected chi connectivity index (χ2v) is 4.27. The van der Waals surface area contributed by atoms with Crippen LogP contribution in [0.25, 0.3) is 0 Å². The molecule has 0 radical (unpaired) electrons. The van der Waals surface area contributed by atoms with Crippen molar-refractivity contribution in [3.8, 4) is 5.75 Å². The largest absolute Gasteiger partial charge is 0.495 e. The highest BCUT2D eigenvalue weighted by Crippen LogP contribution is 2.36. The van der Waals surface area contributed by atoms with Gasteiger partial charge in [-0.25, -0.2) is 4.79 Å². The summed E-state index contributed by atoms with van der Waals surface area (Å²) in [5.41, 5.74) is 0.835. The van der Waals surface area contributed by atoms with Crippen LogP contribution in [0.3, 0.4) is 0 Å². The maximum atomic E-state index is 11.5. The van der Waals surface area contributed by atoms with Crippen molar-refractivity contribution in [3.05, 3.63) is 23.2 Å². The molecule has 0 saturated carbocycles. The van der Waals surface area contributed by atoms with Gasteiger partial charge in [0, 0.05) is 11.6 Å². The van der Waals surface area contributed by atoms with E-state index in [1.165, 1.54) is 7.11 Å². The van der Waals surface area contributed by atoms with E-state index in [1.807, 2.05) is 4.90 Å². The van der Waals surface area contributed by atoms with Gasteiger partial charge in [-0.2, -0.15) is 0 Å². The zero-order valence-electron chi connectivity index (χ0n) is 9.77. The van der Waals surface area contributed by atoms with Crippen LogP contribution in [0.1, 0.15) is 6.42 Å². The van der Waals surface area contributed by atoms with E-state index in [1.54, 1.807) is 25.3 Å². The van der Waals surface area contributed by atoms with E-state index in [9.17, 15) is 4.79 Å². The van der Waals surface area contributed by atoms with Crippen molar-refractivity contribution >= 4 is 23.3 Å². The summed E-state index contributed by atoms with van der Waals surface area (Å²) in [6.45, 7) is 0.802. The van der Waals surface area contributed by atoms with E-state index < -0.39 is 0 Å². The molecule has 92 valence electrons. The Balaban J connectivity index is 2.28. The molecule has 0 bridgehead atoms. The minimum absolute atomic E-state index is 0.224. The summed E-state index contributed by atoms with van der Waals surface area (Å²) in [7, 11) is 2.99. The van der Waals surface area contributed by atoms with E-state index in [-0.39, 0.29) is 12.0 Å². The normalized spacial score (nSPS) is 18.5. The zero-order valence-corrected chi connectivity index (χ0v) is 10.5. The molecule has 17 heavy (non-hydrogen) atoms.